The Hall–Kier alpha value is -1.40. The van der Waals surface area contributed by atoms with Gasteiger partial charge >= 0.3 is 0 Å². The van der Waals surface area contributed by atoms with Crippen molar-refractivity contribution < 1.29 is 4.74 Å². The van der Waals surface area contributed by atoms with Crippen LogP contribution in [0.4, 0.5) is 5.69 Å². The summed E-state index contributed by atoms with van der Waals surface area (Å²) < 4.78 is 7.17. The lowest BCUT2D eigenvalue weighted by molar-refractivity contribution is 0.149. The Morgan fingerprint density at radius 2 is 2.21 bits per heavy atom. The standard InChI is InChI=1S/C13H18BrN3O2/c1-3-5-8-19-9-6-15-11-10-16-17(7-4-2)13(18)12(11)14/h3-4,10,15H,1-2,5-9H2. The van der Waals surface area contributed by atoms with E-state index in [0.29, 0.717) is 36.5 Å². The van der Waals surface area contributed by atoms with Crippen LogP contribution in [0.1, 0.15) is 6.42 Å². The summed E-state index contributed by atoms with van der Waals surface area (Å²) in [5.74, 6) is 0. The van der Waals surface area contributed by atoms with Gasteiger partial charge in [-0.1, -0.05) is 12.2 Å². The molecular formula is C13H18BrN3O2. The van der Waals surface area contributed by atoms with Crippen molar-refractivity contribution in [1.82, 2.24) is 9.78 Å². The number of ether oxygens (including phenoxy) is 1. The maximum absolute atomic E-state index is 11.9. The Kier molecular flexibility index (Phi) is 7.14. The summed E-state index contributed by atoms with van der Waals surface area (Å²) in [5.41, 5.74) is 0.482. The number of halogens is 1. The van der Waals surface area contributed by atoms with Crippen molar-refractivity contribution in [2.45, 2.75) is 13.0 Å². The first-order valence-corrected chi connectivity index (χ1v) is 6.79. The Labute approximate surface area is 121 Å². The normalized spacial score (nSPS) is 10.2. The zero-order valence-electron chi connectivity index (χ0n) is 10.8. The van der Waals surface area contributed by atoms with Crippen LogP contribution >= 0.6 is 15.9 Å². The molecule has 0 radical (unpaired) electrons. The molecule has 0 spiro atoms. The average Bonchev–Trinajstić information content (AvgIpc) is 2.41. The molecule has 0 aromatic carbocycles. The van der Waals surface area contributed by atoms with Crippen molar-refractivity contribution in [1.29, 1.82) is 0 Å². The van der Waals surface area contributed by atoms with Crippen molar-refractivity contribution in [3.05, 3.63) is 46.3 Å². The molecule has 1 N–H and O–H groups in total. The van der Waals surface area contributed by atoms with Gasteiger partial charge in [0, 0.05) is 6.54 Å². The van der Waals surface area contributed by atoms with Crippen molar-refractivity contribution in [3.63, 3.8) is 0 Å². The van der Waals surface area contributed by atoms with Gasteiger partial charge in [-0.3, -0.25) is 4.79 Å². The molecule has 0 aliphatic heterocycles. The van der Waals surface area contributed by atoms with Crippen LogP contribution in [0.2, 0.25) is 0 Å². The average molecular weight is 328 g/mol. The second kappa shape index (κ2) is 8.66. The summed E-state index contributed by atoms with van der Waals surface area (Å²) in [6, 6.07) is 0. The molecule has 0 amide bonds. The van der Waals surface area contributed by atoms with Crippen molar-refractivity contribution >= 4 is 21.6 Å². The van der Waals surface area contributed by atoms with Crippen LogP contribution in [-0.2, 0) is 11.3 Å². The van der Waals surface area contributed by atoms with Gasteiger partial charge in [-0.15, -0.1) is 13.2 Å². The molecule has 0 aliphatic carbocycles. The zero-order valence-corrected chi connectivity index (χ0v) is 12.4. The van der Waals surface area contributed by atoms with E-state index >= 15 is 0 Å². The highest BCUT2D eigenvalue weighted by Gasteiger charge is 2.07. The summed E-state index contributed by atoms with van der Waals surface area (Å²) in [6.45, 7) is 9.43. The lowest BCUT2D eigenvalue weighted by Crippen LogP contribution is -2.24. The molecular weight excluding hydrogens is 310 g/mol. The predicted octanol–water partition coefficient (Wildman–Crippen LogP) is 2.20. The van der Waals surface area contributed by atoms with Crippen LogP contribution < -0.4 is 10.9 Å². The second-order valence-corrected chi connectivity index (χ2v) is 4.56. The van der Waals surface area contributed by atoms with E-state index in [9.17, 15) is 4.79 Å². The van der Waals surface area contributed by atoms with E-state index in [2.05, 4.69) is 39.5 Å². The molecule has 104 valence electrons. The van der Waals surface area contributed by atoms with E-state index in [1.165, 1.54) is 4.68 Å². The molecule has 0 unspecified atom stereocenters. The number of allylic oxidation sites excluding steroid dienone is 1. The summed E-state index contributed by atoms with van der Waals surface area (Å²) in [5, 5.41) is 7.14. The number of aromatic nitrogens is 2. The van der Waals surface area contributed by atoms with Crippen LogP contribution in [0.25, 0.3) is 0 Å². The third-order valence-electron chi connectivity index (χ3n) is 2.32. The van der Waals surface area contributed by atoms with E-state index in [-0.39, 0.29) is 5.56 Å². The highest BCUT2D eigenvalue weighted by molar-refractivity contribution is 9.10. The number of hydrogen-bond acceptors (Lipinski definition) is 4. The molecule has 0 saturated heterocycles. The first-order chi connectivity index (χ1) is 9.20. The second-order valence-electron chi connectivity index (χ2n) is 3.76. The van der Waals surface area contributed by atoms with E-state index < -0.39 is 0 Å². The van der Waals surface area contributed by atoms with E-state index in [4.69, 9.17) is 4.74 Å². The Morgan fingerprint density at radius 1 is 1.42 bits per heavy atom. The third-order valence-corrected chi connectivity index (χ3v) is 3.08. The molecule has 1 aromatic heterocycles. The molecule has 6 heteroatoms. The number of anilines is 1. The molecule has 0 fully saturated rings. The molecule has 1 rings (SSSR count). The molecule has 1 heterocycles. The summed E-state index contributed by atoms with van der Waals surface area (Å²) in [4.78, 5) is 11.9. The molecule has 0 aliphatic rings. The van der Waals surface area contributed by atoms with E-state index in [1.54, 1.807) is 12.3 Å². The number of hydrogen-bond donors (Lipinski definition) is 1. The van der Waals surface area contributed by atoms with Gasteiger partial charge in [0.1, 0.15) is 4.47 Å². The van der Waals surface area contributed by atoms with E-state index in [0.717, 1.165) is 6.42 Å². The predicted molar refractivity (Wildman–Crippen MR) is 80.5 cm³/mol. The first-order valence-electron chi connectivity index (χ1n) is 5.99. The fourth-order valence-electron chi connectivity index (χ4n) is 1.37. The van der Waals surface area contributed by atoms with Crippen LogP contribution in [0.5, 0.6) is 0 Å². The van der Waals surface area contributed by atoms with Gasteiger partial charge in [-0.2, -0.15) is 5.10 Å². The highest BCUT2D eigenvalue weighted by atomic mass is 79.9. The lowest BCUT2D eigenvalue weighted by Gasteiger charge is -2.09. The maximum Gasteiger partial charge on any atom is 0.283 e. The van der Waals surface area contributed by atoms with Crippen LogP contribution in [0.15, 0.2) is 40.8 Å². The largest absolute Gasteiger partial charge is 0.380 e. The maximum atomic E-state index is 11.9. The van der Waals surface area contributed by atoms with Crippen LogP contribution in [0, 0.1) is 0 Å². The van der Waals surface area contributed by atoms with Gasteiger partial charge in [-0.05, 0) is 22.4 Å². The summed E-state index contributed by atoms with van der Waals surface area (Å²) in [7, 11) is 0. The van der Waals surface area contributed by atoms with Crippen molar-refractivity contribution in [2.24, 2.45) is 0 Å². The molecule has 0 saturated carbocycles. The molecule has 0 bridgehead atoms. The van der Waals surface area contributed by atoms with Crippen LogP contribution in [0.3, 0.4) is 0 Å². The Bertz CT molecular complexity index is 485. The minimum atomic E-state index is -0.183. The van der Waals surface area contributed by atoms with Gasteiger partial charge in [0.2, 0.25) is 0 Å². The molecule has 1 aromatic rings. The van der Waals surface area contributed by atoms with Gasteiger partial charge in [0.15, 0.2) is 0 Å². The molecule has 19 heavy (non-hydrogen) atoms. The summed E-state index contributed by atoms with van der Waals surface area (Å²) >= 11 is 3.27. The van der Waals surface area contributed by atoms with Gasteiger partial charge < -0.3 is 10.1 Å². The number of rotatable bonds is 9. The molecule has 5 nitrogen and oxygen atoms in total. The molecule has 0 atom stereocenters. The Balaban J connectivity index is 2.50. The lowest BCUT2D eigenvalue weighted by atomic mass is 10.4. The highest BCUT2D eigenvalue weighted by Crippen LogP contribution is 2.15. The smallest absolute Gasteiger partial charge is 0.283 e. The van der Waals surface area contributed by atoms with E-state index in [1.807, 2.05) is 6.08 Å². The first kappa shape index (κ1) is 15.7. The fraction of sp³-hybridized carbons (Fsp3) is 0.385. The Morgan fingerprint density at radius 3 is 2.89 bits per heavy atom. The fourth-order valence-corrected chi connectivity index (χ4v) is 1.81. The minimum Gasteiger partial charge on any atom is -0.380 e. The number of nitrogens with zero attached hydrogens (tertiary/aromatic N) is 2. The van der Waals surface area contributed by atoms with Crippen LogP contribution in [-0.4, -0.2) is 29.5 Å². The summed E-state index contributed by atoms with van der Waals surface area (Å²) in [6.07, 6.45) is 5.89. The minimum absolute atomic E-state index is 0.183. The van der Waals surface area contributed by atoms with Gasteiger partial charge in [-0.25, -0.2) is 4.68 Å². The topological polar surface area (TPSA) is 56.1 Å². The quantitative estimate of drug-likeness (QED) is 0.558. The van der Waals surface area contributed by atoms with Gasteiger partial charge in [0.25, 0.3) is 5.56 Å². The SMILES string of the molecule is C=CCCOCCNc1cnn(CC=C)c(=O)c1Br. The third kappa shape index (κ3) is 5.00. The monoisotopic (exact) mass is 327 g/mol. The van der Waals surface area contributed by atoms with Crippen molar-refractivity contribution in [3.8, 4) is 0 Å². The van der Waals surface area contributed by atoms with Crippen molar-refractivity contribution in [2.75, 3.05) is 25.1 Å². The zero-order chi connectivity index (χ0) is 14.1. The number of nitrogens with one attached hydrogen (secondary N) is 1. The van der Waals surface area contributed by atoms with Gasteiger partial charge in [0.05, 0.1) is 31.6 Å².